The van der Waals surface area contributed by atoms with Crippen LogP contribution < -0.4 is 25.0 Å². The van der Waals surface area contributed by atoms with Crippen molar-refractivity contribution < 1.29 is 27.5 Å². The maximum absolute atomic E-state index is 12.6. The topological polar surface area (TPSA) is 123 Å². The van der Waals surface area contributed by atoms with E-state index in [0.717, 1.165) is 32.1 Å². The van der Waals surface area contributed by atoms with Gasteiger partial charge in [-0.3, -0.25) is 20.4 Å². The van der Waals surface area contributed by atoms with E-state index in [0.29, 0.717) is 18.1 Å². The third kappa shape index (κ3) is 6.45. The summed E-state index contributed by atoms with van der Waals surface area (Å²) in [6.07, 6.45) is 4.44. The minimum absolute atomic E-state index is 0.000723. The number of benzene rings is 2. The fourth-order valence-corrected chi connectivity index (χ4v) is 4.88. The number of carbonyl (C=O) groups excluding carboxylic acids is 2. The van der Waals surface area contributed by atoms with Crippen LogP contribution >= 0.6 is 0 Å². The number of amides is 2. The Morgan fingerprint density at radius 2 is 1.64 bits per heavy atom. The number of sulfonamides is 1. The Bertz CT molecular complexity index is 1100. The highest BCUT2D eigenvalue weighted by Gasteiger charge is 2.23. The first kappa shape index (κ1) is 24.5. The van der Waals surface area contributed by atoms with Gasteiger partial charge in [-0.1, -0.05) is 25.8 Å². The molecule has 1 fully saturated rings. The van der Waals surface area contributed by atoms with Gasteiger partial charge < -0.3 is 9.47 Å². The normalized spacial score (nSPS) is 14.0. The monoisotopic (exact) mass is 475 g/mol. The summed E-state index contributed by atoms with van der Waals surface area (Å²) in [5, 5.41) is 0. The van der Waals surface area contributed by atoms with Crippen molar-refractivity contribution in [2.75, 3.05) is 13.7 Å². The number of hydrogen-bond donors (Lipinski definition) is 3. The lowest BCUT2D eigenvalue weighted by Crippen LogP contribution is -2.41. The van der Waals surface area contributed by atoms with Gasteiger partial charge in [-0.2, -0.15) is 0 Å². The Hall–Kier alpha value is -3.11. The lowest BCUT2D eigenvalue weighted by atomic mass is 10.2. The number of rotatable bonds is 9. The first-order valence-corrected chi connectivity index (χ1v) is 12.4. The first-order valence-electron chi connectivity index (χ1n) is 10.9. The van der Waals surface area contributed by atoms with Gasteiger partial charge in [-0.05, 0) is 55.7 Å². The molecule has 0 saturated heterocycles. The molecule has 0 bridgehead atoms. The van der Waals surface area contributed by atoms with Crippen molar-refractivity contribution in [2.24, 2.45) is 0 Å². The summed E-state index contributed by atoms with van der Waals surface area (Å²) in [6, 6.07) is 10.3. The predicted octanol–water partition coefficient (Wildman–Crippen LogP) is 2.78. The van der Waals surface area contributed by atoms with Crippen LogP contribution in [0, 0.1) is 0 Å². The average molecular weight is 476 g/mol. The van der Waals surface area contributed by atoms with Gasteiger partial charge in [0, 0.05) is 17.2 Å². The van der Waals surface area contributed by atoms with Gasteiger partial charge in [-0.15, -0.1) is 0 Å². The predicted molar refractivity (Wildman–Crippen MR) is 123 cm³/mol. The molecule has 0 aliphatic heterocycles. The summed E-state index contributed by atoms with van der Waals surface area (Å²) in [7, 11) is -2.26. The van der Waals surface area contributed by atoms with Crippen LogP contribution in [0.25, 0.3) is 0 Å². The third-order valence-electron chi connectivity index (χ3n) is 5.26. The molecule has 178 valence electrons. The van der Waals surface area contributed by atoms with Gasteiger partial charge in [0.15, 0.2) is 11.5 Å². The number of hydrazine groups is 1. The van der Waals surface area contributed by atoms with E-state index in [1.54, 1.807) is 12.1 Å². The number of methoxy groups -OCH3 is 1. The fraction of sp³-hybridized carbons (Fsp3) is 0.391. The molecule has 0 heterocycles. The SMILES string of the molecule is CCCOc1ccc(C(=O)NNC(=O)c2cccc(S(=O)(=O)NC3CCCC3)c2)cc1OC. The molecule has 0 radical (unpaired) electrons. The Kier molecular flexibility index (Phi) is 8.29. The zero-order chi connectivity index (χ0) is 23.8. The molecule has 3 rings (SSSR count). The summed E-state index contributed by atoms with van der Waals surface area (Å²) in [4.78, 5) is 25.0. The highest BCUT2D eigenvalue weighted by molar-refractivity contribution is 7.89. The lowest BCUT2D eigenvalue weighted by Gasteiger charge is -2.14. The van der Waals surface area contributed by atoms with Gasteiger partial charge in [-0.25, -0.2) is 13.1 Å². The molecule has 0 unspecified atom stereocenters. The Balaban J connectivity index is 1.63. The second-order valence-electron chi connectivity index (χ2n) is 7.75. The number of ether oxygens (including phenoxy) is 2. The minimum Gasteiger partial charge on any atom is -0.493 e. The van der Waals surface area contributed by atoms with E-state index in [2.05, 4.69) is 15.6 Å². The van der Waals surface area contributed by atoms with Crippen LogP contribution in [-0.2, 0) is 10.0 Å². The molecule has 2 aromatic carbocycles. The Morgan fingerprint density at radius 1 is 0.970 bits per heavy atom. The van der Waals surface area contributed by atoms with E-state index in [1.165, 1.54) is 37.4 Å². The van der Waals surface area contributed by atoms with Crippen molar-refractivity contribution >= 4 is 21.8 Å². The van der Waals surface area contributed by atoms with Gasteiger partial charge in [0.2, 0.25) is 10.0 Å². The van der Waals surface area contributed by atoms with Crippen LogP contribution in [0.3, 0.4) is 0 Å². The Labute approximate surface area is 193 Å². The fourth-order valence-electron chi connectivity index (χ4n) is 3.53. The zero-order valence-electron chi connectivity index (χ0n) is 18.7. The quantitative estimate of drug-likeness (QED) is 0.479. The molecule has 3 N–H and O–H groups in total. The van der Waals surface area contributed by atoms with Gasteiger partial charge in [0.05, 0.1) is 18.6 Å². The van der Waals surface area contributed by atoms with Gasteiger partial charge >= 0.3 is 0 Å². The van der Waals surface area contributed by atoms with Gasteiger partial charge in [0.25, 0.3) is 11.8 Å². The molecule has 2 amide bonds. The molecule has 0 aromatic heterocycles. The largest absolute Gasteiger partial charge is 0.493 e. The third-order valence-corrected chi connectivity index (χ3v) is 6.78. The minimum atomic E-state index is -3.74. The molecule has 2 aromatic rings. The van der Waals surface area contributed by atoms with E-state index < -0.39 is 21.8 Å². The van der Waals surface area contributed by atoms with Crippen LogP contribution in [0.2, 0.25) is 0 Å². The lowest BCUT2D eigenvalue weighted by molar-refractivity contribution is 0.0846. The van der Waals surface area contributed by atoms with E-state index in [1.807, 2.05) is 6.92 Å². The van der Waals surface area contributed by atoms with Crippen LogP contribution in [0.15, 0.2) is 47.4 Å². The van der Waals surface area contributed by atoms with Crippen molar-refractivity contribution in [3.63, 3.8) is 0 Å². The summed E-state index contributed by atoms with van der Waals surface area (Å²) in [6.45, 7) is 2.50. The van der Waals surface area contributed by atoms with Crippen LogP contribution in [0.4, 0.5) is 0 Å². The van der Waals surface area contributed by atoms with Crippen molar-refractivity contribution in [3.8, 4) is 11.5 Å². The maximum Gasteiger partial charge on any atom is 0.269 e. The van der Waals surface area contributed by atoms with E-state index in [4.69, 9.17) is 9.47 Å². The molecular weight excluding hydrogens is 446 g/mol. The van der Waals surface area contributed by atoms with Crippen molar-refractivity contribution in [2.45, 2.75) is 50.0 Å². The molecule has 9 nitrogen and oxygen atoms in total. The van der Waals surface area contributed by atoms with Crippen LogP contribution in [-0.4, -0.2) is 40.0 Å². The first-order chi connectivity index (χ1) is 15.8. The summed E-state index contributed by atoms with van der Waals surface area (Å²) >= 11 is 0. The molecule has 1 saturated carbocycles. The second kappa shape index (κ2) is 11.2. The van der Waals surface area contributed by atoms with Crippen molar-refractivity contribution in [3.05, 3.63) is 53.6 Å². The second-order valence-corrected chi connectivity index (χ2v) is 9.47. The molecule has 0 spiro atoms. The molecule has 1 aliphatic carbocycles. The molecule has 1 aliphatic rings. The zero-order valence-corrected chi connectivity index (χ0v) is 19.5. The highest BCUT2D eigenvalue weighted by Crippen LogP contribution is 2.28. The molecule has 10 heteroatoms. The van der Waals surface area contributed by atoms with Crippen LogP contribution in [0.5, 0.6) is 11.5 Å². The van der Waals surface area contributed by atoms with Crippen LogP contribution in [0.1, 0.15) is 59.7 Å². The summed E-state index contributed by atoms with van der Waals surface area (Å²) in [5.74, 6) is -0.286. The summed E-state index contributed by atoms with van der Waals surface area (Å²) in [5.41, 5.74) is 5.00. The average Bonchev–Trinajstić information content (AvgIpc) is 3.33. The number of nitrogens with one attached hydrogen (secondary N) is 3. The van der Waals surface area contributed by atoms with E-state index in [-0.39, 0.29) is 22.1 Å². The van der Waals surface area contributed by atoms with E-state index >= 15 is 0 Å². The summed E-state index contributed by atoms with van der Waals surface area (Å²) < 4.78 is 38.8. The highest BCUT2D eigenvalue weighted by atomic mass is 32.2. The number of hydrogen-bond acceptors (Lipinski definition) is 6. The van der Waals surface area contributed by atoms with Crippen molar-refractivity contribution in [1.29, 1.82) is 0 Å². The molecule has 33 heavy (non-hydrogen) atoms. The van der Waals surface area contributed by atoms with Gasteiger partial charge in [0.1, 0.15) is 0 Å². The Morgan fingerprint density at radius 3 is 2.27 bits per heavy atom. The van der Waals surface area contributed by atoms with E-state index in [9.17, 15) is 18.0 Å². The standard InChI is InChI=1S/C23H29N3O6S/c1-3-13-32-20-12-11-17(15-21(20)31-2)23(28)25-24-22(27)16-7-6-10-19(14-16)33(29,30)26-18-8-4-5-9-18/h6-7,10-12,14-15,18,26H,3-5,8-9,13H2,1-2H3,(H,24,27)(H,25,28). The number of carbonyl (C=O) groups is 2. The van der Waals surface area contributed by atoms with Crippen molar-refractivity contribution in [1.82, 2.24) is 15.6 Å². The molecule has 0 atom stereocenters. The maximum atomic E-state index is 12.6. The smallest absolute Gasteiger partial charge is 0.269 e. The molecular formula is C23H29N3O6S.